The Hall–Kier alpha value is -0.760. The van der Waals surface area contributed by atoms with Crippen LogP contribution in [0.25, 0.3) is 0 Å². The first kappa shape index (κ1) is 9.33. The fraction of sp³-hybridized carbons (Fsp3) is 0.300. The van der Waals surface area contributed by atoms with Gasteiger partial charge in [-0.3, -0.25) is 0 Å². The lowest BCUT2D eigenvalue weighted by atomic mass is 10.0. The molecule has 0 aliphatic carbocycles. The predicted octanol–water partition coefficient (Wildman–Crippen LogP) is 2.59. The number of hydrogen-bond donors (Lipinski definition) is 1. The number of aldehydes is 1. The van der Waals surface area contributed by atoms with Gasteiger partial charge in [-0.05, 0) is 24.1 Å². The van der Waals surface area contributed by atoms with Crippen LogP contribution in [0.15, 0.2) is 23.1 Å². The molecule has 0 radical (unpaired) electrons. The van der Waals surface area contributed by atoms with Gasteiger partial charge in [0.15, 0.2) is 0 Å². The molecule has 1 unspecified atom stereocenters. The maximum Gasteiger partial charge on any atom is 0.127 e. The van der Waals surface area contributed by atoms with E-state index >= 15 is 0 Å². The van der Waals surface area contributed by atoms with Gasteiger partial charge in [-0.15, -0.1) is 12.6 Å². The zero-order chi connectivity index (χ0) is 9.14. The molecule has 64 valence electrons. The van der Waals surface area contributed by atoms with Crippen LogP contribution in [0.4, 0.5) is 0 Å². The number of carbonyl (C=O) groups excluding carboxylic acids is 1. The fourth-order valence-corrected chi connectivity index (χ4v) is 1.18. The summed E-state index contributed by atoms with van der Waals surface area (Å²) in [4.78, 5) is 11.5. The lowest BCUT2D eigenvalue weighted by Gasteiger charge is -2.06. The average molecular weight is 180 g/mol. The number of thiol groups is 1. The largest absolute Gasteiger partial charge is 0.303 e. The van der Waals surface area contributed by atoms with Crippen molar-refractivity contribution in [1.29, 1.82) is 0 Å². The van der Waals surface area contributed by atoms with Crippen LogP contribution in [-0.2, 0) is 4.79 Å². The molecule has 1 atom stereocenters. The molecule has 0 aliphatic heterocycles. The summed E-state index contributed by atoms with van der Waals surface area (Å²) in [6.45, 7) is 3.88. The quantitative estimate of drug-likeness (QED) is 0.547. The lowest BCUT2D eigenvalue weighted by Crippen LogP contribution is -1.94. The average Bonchev–Trinajstić information content (AvgIpc) is 2.08. The molecule has 0 amide bonds. The smallest absolute Gasteiger partial charge is 0.127 e. The fourth-order valence-electron chi connectivity index (χ4n) is 1.04. The van der Waals surface area contributed by atoms with E-state index in [0.717, 1.165) is 22.3 Å². The maximum atomic E-state index is 10.5. The van der Waals surface area contributed by atoms with Crippen molar-refractivity contribution >= 4 is 18.9 Å². The van der Waals surface area contributed by atoms with Crippen molar-refractivity contribution in [3.63, 3.8) is 0 Å². The predicted molar refractivity (Wildman–Crippen MR) is 52.9 cm³/mol. The van der Waals surface area contributed by atoms with Gasteiger partial charge < -0.3 is 4.79 Å². The van der Waals surface area contributed by atoms with Crippen molar-refractivity contribution < 1.29 is 4.79 Å². The summed E-state index contributed by atoms with van der Waals surface area (Å²) < 4.78 is 0. The SMILES string of the molecule is Cc1cc(C(C)C=O)ccc1S. The molecule has 0 aliphatic rings. The minimum absolute atomic E-state index is 0.0161. The third kappa shape index (κ3) is 1.89. The van der Waals surface area contributed by atoms with Crippen LogP contribution in [0.3, 0.4) is 0 Å². The molecule has 1 aromatic carbocycles. The van der Waals surface area contributed by atoms with E-state index in [0.29, 0.717) is 0 Å². The van der Waals surface area contributed by atoms with Crippen molar-refractivity contribution in [1.82, 2.24) is 0 Å². The Kier molecular flexibility index (Phi) is 2.93. The molecular weight excluding hydrogens is 168 g/mol. The molecule has 0 saturated carbocycles. The van der Waals surface area contributed by atoms with E-state index in [-0.39, 0.29) is 5.92 Å². The van der Waals surface area contributed by atoms with Gasteiger partial charge in [-0.25, -0.2) is 0 Å². The molecule has 0 bridgehead atoms. The van der Waals surface area contributed by atoms with Crippen molar-refractivity contribution in [2.75, 3.05) is 0 Å². The minimum atomic E-state index is -0.0161. The van der Waals surface area contributed by atoms with Gasteiger partial charge in [0.05, 0.1) is 0 Å². The molecule has 0 spiro atoms. The number of hydrogen-bond acceptors (Lipinski definition) is 2. The zero-order valence-corrected chi connectivity index (χ0v) is 8.14. The second kappa shape index (κ2) is 3.76. The Labute approximate surface area is 78.2 Å². The van der Waals surface area contributed by atoms with Gasteiger partial charge in [-0.1, -0.05) is 19.1 Å². The van der Waals surface area contributed by atoms with E-state index < -0.39 is 0 Å². The zero-order valence-electron chi connectivity index (χ0n) is 7.24. The van der Waals surface area contributed by atoms with Gasteiger partial charge in [0.1, 0.15) is 6.29 Å². The molecule has 0 heterocycles. The highest BCUT2D eigenvalue weighted by molar-refractivity contribution is 7.80. The molecule has 0 saturated heterocycles. The number of benzene rings is 1. The third-order valence-electron chi connectivity index (χ3n) is 1.95. The Morgan fingerprint density at radius 3 is 2.67 bits per heavy atom. The first-order chi connectivity index (χ1) is 5.65. The first-order valence-electron chi connectivity index (χ1n) is 3.90. The highest BCUT2D eigenvalue weighted by Crippen LogP contribution is 2.19. The van der Waals surface area contributed by atoms with Gasteiger partial charge >= 0.3 is 0 Å². The molecule has 0 N–H and O–H groups in total. The topological polar surface area (TPSA) is 17.1 Å². The summed E-state index contributed by atoms with van der Waals surface area (Å²) in [7, 11) is 0. The second-order valence-corrected chi connectivity index (χ2v) is 3.45. The monoisotopic (exact) mass is 180 g/mol. The molecule has 2 heteroatoms. The minimum Gasteiger partial charge on any atom is -0.303 e. The Morgan fingerprint density at radius 1 is 1.50 bits per heavy atom. The van der Waals surface area contributed by atoms with Crippen molar-refractivity contribution in [3.05, 3.63) is 29.3 Å². The molecule has 1 aromatic rings. The lowest BCUT2D eigenvalue weighted by molar-refractivity contribution is -0.108. The first-order valence-corrected chi connectivity index (χ1v) is 4.34. The Morgan fingerprint density at radius 2 is 2.17 bits per heavy atom. The summed E-state index contributed by atoms with van der Waals surface area (Å²) in [5.74, 6) is -0.0161. The number of aryl methyl sites for hydroxylation is 1. The summed E-state index contributed by atoms with van der Waals surface area (Å²) >= 11 is 4.25. The Balaban J connectivity index is 3.04. The van der Waals surface area contributed by atoms with Crippen LogP contribution in [0, 0.1) is 6.92 Å². The number of carbonyl (C=O) groups is 1. The maximum absolute atomic E-state index is 10.5. The van der Waals surface area contributed by atoms with Crippen LogP contribution < -0.4 is 0 Å². The van der Waals surface area contributed by atoms with Crippen LogP contribution in [0.2, 0.25) is 0 Å². The van der Waals surface area contributed by atoms with E-state index in [1.165, 1.54) is 0 Å². The standard InChI is InChI=1S/C10H12OS/c1-7-5-9(8(2)6-11)3-4-10(7)12/h3-6,8,12H,1-2H3. The van der Waals surface area contributed by atoms with Gasteiger partial charge in [0.25, 0.3) is 0 Å². The number of rotatable bonds is 2. The van der Waals surface area contributed by atoms with E-state index in [4.69, 9.17) is 0 Å². The molecule has 1 nitrogen and oxygen atoms in total. The van der Waals surface area contributed by atoms with Crippen molar-refractivity contribution in [2.45, 2.75) is 24.7 Å². The van der Waals surface area contributed by atoms with Gasteiger partial charge in [0.2, 0.25) is 0 Å². The van der Waals surface area contributed by atoms with E-state index in [9.17, 15) is 4.79 Å². The van der Waals surface area contributed by atoms with Crippen molar-refractivity contribution in [3.8, 4) is 0 Å². The van der Waals surface area contributed by atoms with E-state index in [1.807, 2.05) is 32.0 Å². The van der Waals surface area contributed by atoms with Crippen LogP contribution >= 0.6 is 12.6 Å². The summed E-state index contributed by atoms with van der Waals surface area (Å²) in [5.41, 5.74) is 2.17. The summed E-state index contributed by atoms with van der Waals surface area (Å²) in [5, 5.41) is 0. The summed E-state index contributed by atoms with van der Waals surface area (Å²) in [6, 6.07) is 5.86. The van der Waals surface area contributed by atoms with Gasteiger partial charge in [0, 0.05) is 10.8 Å². The normalized spacial score (nSPS) is 12.6. The third-order valence-corrected chi connectivity index (χ3v) is 2.45. The van der Waals surface area contributed by atoms with Crippen LogP contribution in [-0.4, -0.2) is 6.29 Å². The summed E-state index contributed by atoms with van der Waals surface area (Å²) in [6.07, 6.45) is 0.951. The molecular formula is C10H12OS. The molecule has 1 rings (SSSR count). The van der Waals surface area contributed by atoms with Crippen LogP contribution in [0.1, 0.15) is 24.0 Å². The Bertz CT molecular complexity index is 294. The van der Waals surface area contributed by atoms with Gasteiger partial charge in [-0.2, -0.15) is 0 Å². The molecule has 0 fully saturated rings. The molecule has 0 aromatic heterocycles. The van der Waals surface area contributed by atoms with E-state index in [1.54, 1.807) is 0 Å². The molecule has 12 heavy (non-hydrogen) atoms. The highest BCUT2D eigenvalue weighted by Gasteiger charge is 2.03. The van der Waals surface area contributed by atoms with E-state index in [2.05, 4.69) is 12.6 Å². The van der Waals surface area contributed by atoms with Crippen LogP contribution in [0.5, 0.6) is 0 Å². The second-order valence-electron chi connectivity index (χ2n) is 2.97. The highest BCUT2D eigenvalue weighted by atomic mass is 32.1. The van der Waals surface area contributed by atoms with Crippen molar-refractivity contribution in [2.24, 2.45) is 0 Å².